The van der Waals surface area contributed by atoms with E-state index in [0.717, 1.165) is 0 Å². The zero-order valence-corrected chi connectivity index (χ0v) is 12.6. The van der Waals surface area contributed by atoms with Crippen LogP contribution in [0.5, 0.6) is 0 Å². The lowest BCUT2D eigenvalue weighted by molar-refractivity contribution is -0.0820. The molecule has 3 nitrogen and oxygen atoms in total. The maximum atomic E-state index is 14.5. The van der Waals surface area contributed by atoms with Gasteiger partial charge in [-0.3, -0.25) is 4.79 Å². The molecule has 0 radical (unpaired) electrons. The molecule has 1 heterocycles. The standard InChI is InChI=1S/C16H9BrF2O3/c17-10-6-7-11-12(8-10)15(21)22-14(11)16(18,19)13(20)9-4-2-1-3-5-9/h1-8,14H/t14-/m1/s1. The maximum Gasteiger partial charge on any atom is 0.349 e. The summed E-state index contributed by atoms with van der Waals surface area (Å²) in [5.74, 6) is -6.07. The SMILES string of the molecule is O=C1O[C@@H](C(F)(F)C(=O)c2ccccc2)c2ccc(Br)cc21. The minimum Gasteiger partial charge on any atom is -0.447 e. The van der Waals surface area contributed by atoms with Crippen LogP contribution in [0.15, 0.2) is 53.0 Å². The number of Topliss-reactive ketones (excluding diaryl/α,β-unsaturated/α-hetero) is 1. The van der Waals surface area contributed by atoms with E-state index in [0.29, 0.717) is 4.47 Å². The Morgan fingerprint density at radius 1 is 1.14 bits per heavy atom. The summed E-state index contributed by atoms with van der Waals surface area (Å²) in [6, 6.07) is 11.5. The Morgan fingerprint density at radius 2 is 1.82 bits per heavy atom. The zero-order chi connectivity index (χ0) is 15.9. The fraction of sp³-hybridized carbons (Fsp3) is 0.125. The van der Waals surface area contributed by atoms with Gasteiger partial charge < -0.3 is 4.74 Å². The van der Waals surface area contributed by atoms with Gasteiger partial charge in [0, 0.05) is 15.6 Å². The first-order valence-electron chi connectivity index (χ1n) is 6.39. The van der Waals surface area contributed by atoms with Crippen molar-refractivity contribution in [3.05, 3.63) is 69.7 Å². The van der Waals surface area contributed by atoms with Gasteiger partial charge in [-0.1, -0.05) is 52.3 Å². The van der Waals surface area contributed by atoms with Crippen molar-refractivity contribution in [3.8, 4) is 0 Å². The fourth-order valence-electron chi connectivity index (χ4n) is 2.34. The normalized spacial score (nSPS) is 17.0. The van der Waals surface area contributed by atoms with E-state index in [-0.39, 0.29) is 16.7 Å². The molecule has 6 heteroatoms. The van der Waals surface area contributed by atoms with Gasteiger partial charge in [0.1, 0.15) is 0 Å². The minimum absolute atomic E-state index is 0.0162. The van der Waals surface area contributed by atoms with Gasteiger partial charge in [0.05, 0.1) is 5.56 Å². The number of carbonyl (C=O) groups excluding carboxylic acids is 2. The summed E-state index contributed by atoms with van der Waals surface area (Å²) in [5.41, 5.74) is -0.0727. The third-order valence-corrected chi connectivity index (χ3v) is 3.90. The van der Waals surface area contributed by atoms with Crippen LogP contribution in [0, 0.1) is 0 Å². The quantitative estimate of drug-likeness (QED) is 0.604. The summed E-state index contributed by atoms with van der Waals surface area (Å²) < 4.78 is 34.4. The molecule has 1 aliphatic rings. The Bertz CT molecular complexity index is 759. The van der Waals surface area contributed by atoms with Gasteiger partial charge in [0.15, 0.2) is 6.10 Å². The number of esters is 1. The lowest BCUT2D eigenvalue weighted by atomic mass is 9.95. The third kappa shape index (κ3) is 2.33. The van der Waals surface area contributed by atoms with Crippen molar-refractivity contribution < 1.29 is 23.1 Å². The Morgan fingerprint density at radius 3 is 2.50 bits per heavy atom. The van der Waals surface area contributed by atoms with Crippen molar-refractivity contribution in [1.82, 2.24) is 0 Å². The van der Waals surface area contributed by atoms with Crippen LogP contribution >= 0.6 is 15.9 Å². The van der Waals surface area contributed by atoms with Crippen molar-refractivity contribution in [1.29, 1.82) is 0 Å². The molecule has 112 valence electrons. The van der Waals surface area contributed by atoms with E-state index in [2.05, 4.69) is 15.9 Å². The predicted molar refractivity (Wildman–Crippen MR) is 78.0 cm³/mol. The minimum atomic E-state index is -3.84. The maximum absolute atomic E-state index is 14.5. The molecule has 1 aliphatic heterocycles. The summed E-state index contributed by atoms with van der Waals surface area (Å²) in [6.45, 7) is 0. The van der Waals surface area contributed by atoms with Crippen molar-refractivity contribution in [3.63, 3.8) is 0 Å². The molecule has 3 rings (SSSR count). The van der Waals surface area contributed by atoms with Gasteiger partial charge >= 0.3 is 11.9 Å². The molecule has 0 saturated heterocycles. The second-order valence-electron chi connectivity index (χ2n) is 4.84. The van der Waals surface area contributed by atoms with E-state index in [1.54, 1.807) is 6.07 Å². The molecule has 2 aromatic rings. The van der Waals surface area contributed by atoms with E-state index >= 15 is 0 Å². The van der Waals surface area contributed by atoms with E-state index in [9.17, 15) is 18.4 Å². The monoisotopic (exact) mass is 366 g/mol. The van der Waals surface area contributed by atoms with E-state index in [4.69, 9.17) is 4.74 Å². The Kier molecular flexibility index (Phi) is 3.56. The molecule has 0 aliphatic carbocycles. The number of hydrogen-bond acceptors (Lipinski definition) is 3. The molecule has 0 saturated carbocycles. The first-order valence-corrected chi connectivity index (χ1v) is 7.18. The predicted octanol–water partition coefficient (Wildman–Crippen LogP) is 4.18. The van der Waals surface area contributed by atoms with Gasteiger partial charge in [-0.15, -0.1) is 0 Å². The third-order valence-electron chi connectivity index (χ3n) is 3.41. The molecular weight excluding hydrogens is 358 g/mol. The van der Waals surface area contributed by atoms with Crippen LogP contribution in [0.1, 0.15) is 32.4 Å². The van der Waals surface area contributed by atoms with Gasteiger partial charge in [-0.05, 0) is 12.1 Å². The molecule has 0 fully saturated rings. The summed E-state index contributed by atoms with van der Waals surface area (Å²) in [5, 5.41) is 0. The average molecular weight is 367 g/mol. The number of alkyl halides is 2. The van der Waals surface area contributed by atoms with Crippen molar-refractivity contribution in [2.24, 2.45) is 0 Å². The lowest BCUT2D eigenvalue weighted by Crippen LogP contribution is -2.36. The molecule has 0 N–H and O–H groups in total. The number of cyclic esters (lactones) is 1. The topological polar surface area (TPSA) is 43.4 Å². The summed E-state index contributed by atoms with van der Waals surface area (Å²) in [4.78, 5) is 23.8. The van der Waals surface area contributed by atoms with E-state index in [1.807, 2.05) is 0 Å². The molecule has 0 aromatic heterocycles. The molecule has 0 unspecified atom stereocenters. The van der Waals surface area contributed by atoms with Crippen LogP contribution in [0.3, 0.4) is 0 Å². The van der Waals surface area contributed by atoms with Crippen LogP contribution in [0.25, 0.3) is 0 Å². The Hall–Kier alpha value is -2.08. The van der Waals surface area contributed by atoms with Crippen molar-refractivity contribution in [2.75, 3.05) is 0 Å². The highest BCUT2D eigenvalue weighted by Gasteiger charge is 2.54. The van der Waals surface area contributed by atoms with Crippen molar-refractivity contribution in [2.45, 2.75) is 12.0 Å². The molecule has 2 aromatic carbocycles. The number of hydrogen-bond donors (Lipinski definition) is 0. The zero-order valence-electron chi connectivity index (χ0n) is 11.1. The van der Waals surface area contributed by atoms with Gasteiger partial charge in [0.25, 0.3) is 0 Å². The molecule has 0 spiro atoms. The smallest absolute Gasteiger partial charge is 0.349 e. The van der Waals surface area contributed by atoms with Crippen LogP contribution in [-0.4, -0.2) is 17.7 Å². The van der Waals surface area contributed by atoms with Crippen LogP contribution < -0.4 is 0 Å². The first-order chi connectivity index (χ1) is 10.4. The Labute approximate surface area is 133 Å². The van der Waals surface area contributed by atoms with Crippen molar-refractivity contribution >= 4 is 27.7 Å². The van der Waals surface area contributed by atoms with Crippen LogP contribution in [0.2, 0.25) is 0 Å². The van der Waals surface area contributed by atoms with Crippen LogP contribution in [0.4, 0.5) is 8.78 Å². The summed E-state index contributed by atoms with van der Waals surface area (Å²) in [7, 11) is 0. The lowest BCUT2D eigenvalue weighted by Gasteiger charge is -2.21. The molecule has 1 atom stereocenters. The number of benzene rings is 2. The van der Waals surface area contributed by atoms with E-state index in [1.165, 1.54) is 42.5 Å². The number of ether oxygens (including phenoxy) is 1. The van der Waals surface area contributed by atoms with Crippen LogP contribution in [-0.2, 0) is 4.74 Å². The number of carbonyl (C=O) groups is 2. The second kappa shape index (κ2) is 5.28. The Balaban J connectivity index is 2.01. The molecule has 0 bridgehead atoms. The number of rotatable bonds is 3. The highest BCUT2D eigenvalue weighted by Crippen LogP contribution is 2.43. The second-order valence-corrected chi connectivity index (χ2v) is 5.75. The van der Waals surface area contributed by atoms with Gasteiger partial charge in [-0.2, -0.15) is 8.78 Å². The number of ketones is 1. The largest absolute Gasteiger partial charge is 0.447 e. The molecule has 0 amide bonds. The number of halogens is 3. The average Bonchev–Trinajstić information content (AvgIpc) is 2.85. The summed E-state index contributed by atoms with van der Waals surface area (Å²) >= 11 is 3.17. The highest BCUT2D eigenvalue weighted by atomic mass is 79.9. The summed E-state index contributed by atoms with van der Waals surface area (Å²) in [6.07, 6.45) is -1.91. The number of fused-ring (bicyclic) bond motifs is 1. The fourth-order valence-corrected chi connectivity index (χ4v) is 2.70. The highest BCUT2D eigenvalue weighted by molar-refractivity contribution is 9.10. The van der Waals surface area contributed by atoms with E-state index < -0.39 is 23.8 Å². The van der Waals surface area contributed by atoms with Gasteiger partial charge in [0.2, 0.25) is 5.78 Å². The molecule has 22 heavy (non-hydrogen) atoms. The molecular formula is C16H9BrF2O3. The first kappa shape index (κ1) is 14.8. The van der Waals surface area contributed by atoms with Gasteiger partial charge in [-0.25, -0.2) is 4.79 Å².